The van der Waals surface area contributed by atoms with Crippen LogP contribution in [-0.4, -0.2) is 29.2 Å². The highest BCUT2D eigenvalue weighted by molar-refractivity contribution is 8.00. The van der Waals surface area contributed by atoms with E-state index >= 15 is 0 Å². The Labute approximate surface area is 107 Å². The molecule has 4 atom stereocenters. The van der Waals surface area contributed by atoms with Gasteiger partial charge in [0, 0.05) is 12.1 Å². The zero-order chi connectivity index (χ0) is 12.4. The van der Waals surface area contributed by atoms with Gasteiger partial charge in [-0.1, -0.05) is 13.8 Å². The van der Waals surface area contributed by atoms with Gasteiger partial charge in [0.1, 0.15) is 5.50 Å². The quantitative estimate of drug-likeness (QED) is 0.325. The number of fused-ring (bicyclic) bond motifs is 1. The molecule has 0 aromatic carbocycles. The molecule has 0 aromatic rings. The zero-order valence-corrected chi connectivity index (χ0v) is 11.2. The minimum Gasteiger partial charge on any atom is -0.294 e. The summed E-state index contributed by atoms with van der Waals surface area (Å²) in [6, 6.07) is 1.11. The molecular formula is C11H22N4OS. The first-order valence-electron chi connectivity index (χ1n) is 6.23. The van der Waals surface area contributed by atoms with Crippen LogP contribution in [0.1, 0.15) is 26.7 Å². The van der Waals surface area contributed by atoms with Gasteiger partial charge in [0.05, 0.1) is 5.75 Å². The first kappa shape index (κ1) is 13.1. The lowest BCUT2D eigenvalue weighted by molar-refractivity contribution is -0.118. The maximum atomic E-state index is 11.1. The second kappa shape index (κ2) is 5.56. The summed E-state index contributed by atoms with van der Waals surface area (Å²) in [6.07, 6.45) is 2.44. The fourth-order valence-electron chi connectivity index (χ4n) is 2.70. The standard InChI is InChI=1S/C11H22N4OS/c1-6-3-8-9(4-7(6)2)14-11(13-8)17-5-10(16)15-12/h6-9,11,13-14H,3-5,12H2,1-2H3,(H,15,16). The molecule has 0 aromatic heterocycles. The summed E-state index contributed by atoms with van der Waals surface area (Å²) < 4.78 is 0. The molecule has 1 saturated carbocycles. The first-order chi connectivity index (χ1) is 8.10. The van der Waals surface area contributed by atoms with E-state index in [4.69, 9.17) is 5.84 Å². The fourth-order valence-corrected chi connectivity index (χ4v) is 3.64. The van der Waals surface area contributed by atoms with Crippen molar-refractivity contribution < 1.29 is 4.79 Å². The summed E-state index contributed by atoms with van der Waals surface area (Å²) in [6.45, 7) is 4.65. The van der Waals surface area contributed by atoms with Crippen LogP contribution in [0, 0.1) is 11.8 Å². The highest BCUT2D eigenvalue weighted by Crippen LogP contribution is 2.33. The predicted octanol–water partition coefficient (Wildman–Crippen LogP) is -0.0109. The molecule has 0 radical (unpaired) electrons. The van der Waals surface area contributed by atoms with Crippen LogP contribution in [-0.2, 0) is 4.79 Å². The number of nitrogens with two attached hydrogens (primary N) is 1. The number of hydrogen-bond acceptors (Lipinski definition) is 5. The molecule has 2 aliphatic rings. The van der Waals surface area contributed by atoms with Gasteiger partial charge in [-0.25, -0.2) is 5.84 Å². The summed E-state index contributed by atoms with van der Waals surface area (Å²) >= 11 is 1.57. The second-order valence-corrected chi connectivity index (χ2v) is 6.32. The summed E-state index contributed by atoms with van der Waals surface area (Å²) in [5.41, 5.74) is 2.33. The van der Waals surface area contributed by atoms with E-state index in [1.165, 1.54) is 12.8 Å². The molecule has 98 valence electrons. The zero-order valence-electron chi connectivity index (χ0n) is 10.4. The largest absolute Gasteiger partial charge is 0.294 e. The van der Waals surface area contributed by atoms with Crippen molar-refractivity contribution in [2.75, 3.05) is 5.75 Å². The van der Waals surface area contributed by atoms with E-state index in [0.717, 1.165) is 11.8 Å². The number of carbonyl (C=O) groups is 1. The molecule has 6 heteroatoms. The van der Waals surface area contributed by atoms with Crippen molar-refractivity contribution in [3.63, 3.8) is 0 Å². The maximum absolute atomic E-state index is 11.1. The summed E-state index contributed by atoms with van der Waals surface area (Å²) in [5, 5.41) is 7.11. The van der Waals surface area contributed by atoms with Gasteiger partial charge in [-0.05, 0) is 24.7 Å². The molecule has 17 heavy (non-hydrogen) atoms. The third-order valence-corrected chi connectivity index (χ3v) is 5.02. The molecule has 0 spiro atoms. The molecule has 1 aliphatic heterocycles. The molecule has 5 nitrogen and oxygen atoms in total. The lowest BCUT2D eigenvalue weighted by Gasteiger charge is -2.34. The number of thioether (sulfide) groups is 1. The Morgan fingerprint density at radius 1 is 1.29 bits per heavy atom. The normalized spacial score (nSPS) is 41.0. The van der Waals surface area contributed by atoms with Gasteiger partial charge >= 0.3 is 0 Å². The van der Waals surface area contributed by atoms with Crippen LogP contribution in [0.2, 0.25) is 0 Å². The van der Waals surface area contributed by atoms with E-state index in [2.05, 4.69) is 29.9 Å². The van der Waals surface area contributed by atoms with Crippen molar-refractivity contribution in [1.82, 2.24) is 16.1 Å². The van der Waals surface area contributed by atoms with Crippen molar-refractivity contribution in [3.8, 4) is 0 Å². The maximum Gasteiger partial charge on any atom is 0.243 e. The van der Waals surface area contributed by atoms with E-state index in [1.54, 1.807) is 11.8 Å². The Balaban J connectivity index is 1.80. The Bertz CT molecular complexity index is 271. The van der Waals surface area contributed by atoms with E-state index in [-0.39, 0.29) is 11.4 Å². The Morgan fingerprint density at radius 3 is 2.29 bits per heavy atom. The van der Waals surface area contributed by atoms with Gasteiger partial charge in [0.2, 0.25) is 5.91 Å². The van der Waals surface area contributed by atoms with Crippen LogP contribution >= 0.6 is 11.8 Å². The third kappa shape index (κ3) is 3.13. The van der Waals surface area contributed by atoms with Crippen LogP contribution in [0.15, 0.2) is 0 Å². The minimum absolute atomic E-state index is 0.129. The number of hydrogen-bond donors (Lipinski definition) is 4. The van der Waals surface area contributed by atoms with Crippen LogP contribution < -0.4 is 21.9 Å². The molecule has 1 heterocycles. The first-order valence-corrected chi connectivity index (χ1v) is 7.28. The topological polar surface area (TPSA) is 79.2 Å². The predicted molar refractivity (Wildman–Crippen MR) is 70.0 cm³/mol. The van der Waals surface area contributed by atoms with Crippen molar-refractivity contribution in [3.05, 3.63) is 0 Å². The third-order valence-electron chi connectivity index (χ3n) is 3.98. The van der Waals surface area contributed by atoms with Crippen LogP contribution in [0.4, 0.5) is 0 Å². The molecule has 2 fully saturated rings. The molecular weight excluding hydrogens is 236 g/mol. The van der Waals surface area contributed by atoms with Gasteiger partial charge in [-0.3, -0.25) is 20.9 Å². The van der Waals surface area contributed by atoms with Crippen LogP contribution in [0.5, 0.6) is 0 Å². The van der Waals surface area contributed by atoms with Crippen molar-refractivity contribution in [1.29, 1.82) is 0 Å². The average Bonchev–Trinajstić information content (AvgIpc) is 2.68. The fraction of sp³-hybridized carbons (Fsp3) is 0.909. The molecule has 5 N–H and O–H groups in total. The van der Waals surface area contributed by atoms with Crippen molar-refractivity contribution in [2.24, 2.45) is 17.7 Å². The number of nitrogens with one attached hydrogen (secondary N) is 3. The smallest absolute Gasteiger partial charge is 0.243 e. The van der Waals surface area contributed by atoms with E-state index < -0.39 is 0 Å². The van der Waals surface area contributed by atoms with E-state index in [0.29, 0.717) is 17.8 Å². The van der Waals surface area contributed by atoms with Gasteiger partial charge in [-0.2, -0.15) is 0 Å². The highest BCUT2D eigenvalue weighted by atomic mass is 32.2. The van der Waals surface area contributed by atoms with Gasteiger partial charge in [0.25, 0.3) is 0 Å². The molecule has 1 aliphatic carbocycles. The van der Waals surface area contributed by atoms with Crippen LogP contribution in [0.25, 0.3) is 0 Å². The Hall–Kier alpha value is -0.300. The van der Waals surface area contributed by atoms with Crippen molar-refractivity contribution >= 4 is 17.7 Å². The molecule has 2 rings (SSSR count). The van der Waals surface area contributed by atoms with E-state index in [9.17, 15) is 4.79 Å². The van der Waals surface area contributed by atoms with Gasteiger partial charge in [-0.15, -0.1) is 11.8 Å². The number of hydrazine groups is 1. The van der Waals surface area contributed by atoms with Gasteiger partial charge in [0.15, 0.2) is 0 Å². The molecule has 1 amide bonds. The van der Waals surface area contributed by atoms with Gasteiger partial charge < -0.3 is 0 Å². The number of carbonyl (C=O) groups excluding carboxylic acids is 1. The SMILES string of the molecule is CC1CC2NC(SCC(=O)NN)NC2CC1C. The number of rotatable bonds is 3. The molecule has 1 saturated heterocycles. The van der Waals surface area contributed by atoms with Crippen LogP contribution in [0.3, 0.4) is 0 Å². The monoisotopic (exact) mass is 258 g/mol. The second-order valence-electron chi connectivity index (χ2n) is 5.23. The van der Waals surface area contributed by atoms with Crippen molar-refractivity contribution in [2.45, 2.75) is 44.3 Å². The highest BCUT2D eigenvalue weighted by Gasteiger charge is 2.39. The molecule has 0 bridgehead atoms. The number of amides is 1. The average molecular weight is 258 g/mol. The summed E-state index contributed by atoms with van der Waals surface area (Å²) in [5.74, 6) is 6.88. The Kier molecular flexibility index (Phi) is 4.30. The summed E-state index contributed by atoms with van der Waals surface area (Å²) in [7, 11) is 0. The lowest BCUT2D eigenvalue weighted by Crippen LogP contribution is -2.42. The van der Waals surface area contributed by atoms with E-state index in [1.807, 2.05) is 0 Å². The lowest BCUT2D eigenvalue weighted by atomic mass is 9.77. The summed E-state index contributed by atoms with van der Waals surface area (Å²) in [4.78, 5) is 11.1. The minimum atomic E-state index is -0.129. The molecule has 4 unspecified atom stereocenters. The Morgan fingerprint density at radius 2 is 1.82 bits per heavy atom.